The van der Waals surface area contributed by atoms with Crippen LogP contribution in [-0.4, -0.2) is 24.7 Å². The van der Waals surface area contributed by atoms with Gasteiger partial charge in [-0.25, -0.2) is 10.2 Å². The predicted molar refractivity (Wildman–Crippen MR) is 115 cm³/mol. The van der Waals surface area contributed by atoms with E-state index in [4.69, 9.17) is 13.9 Å². The van der Waals surface area contributed by atoms with Crippen LogP contribution < -0.4 is 14.9 Å². The van der Waals surface area contributed by atoms with Crippen LogP contribution in [0.2, 0.25) is 0 Å². The zero-order valence-electron chi connectivity index (χ0n) is 16.1. The van der Waals surface area contributed by atoms with Crippen LogP contribution in [0.25, 0.3) is 0 Å². The molecule has 154 valence electrons. The maximum absolute atomic E-state index is 12.3. The van der Waals surface area contributed by atoms with Crippen LogP contribution in [0.1, 0.15) is 39.8 Å². The van der Waals surface area contributed by atoms with E-state index in [1.54, 1.807) is 54.6 Å². The molecule has 3 rings (SSSR count). The number of carbonyl (C=O) groups is 2. The van der Waals surface area contributed by atoms with Crippen LogP contribution in [-0.2, 0) is 0 Å². The number of benzene rings is 2. The molecule has 2 aromatic carbocycles. The second-order valence-corrected chi connectivity index (χ2v) is 6.92. The molecule has 0 fully saturated rings. The third-order valence-electron chi connectivity index (χ3n) is 3.83. The van der Waals surface area contributed by atoms with Gasteiger partial charge in [0.05, 0.1) is 18.4 Å². The van der Waals surface area contributed by atoms with Gasteiger partial charge in [0.15, 0.2) is 10.4 Å². The van der Waals surface area contributed by atoms with Gasteiger partial charge in [-0.3, -0.25) is 4.79 Å². The van der Waals surface area contributed by atoms with Crippen molar-refractivity contribution in [2.24, 2.45) is 5.10 Å². The molecule has 1 aromatic heterocycles. The van der Waals surface area contributed by atoms with E-state index in [1.807, 2.05) is 6.92 Å². The van der Waals surface area contributed by atoms with Crippen molar-refractivity contribution in [1.29, 1.82) is 0 Å². The van der Waals surface area contributed by atoms with E-state index in [1.165, 1.54) is 12.3 Å². The molecule has 0 spiro atoms. The first kappa shape index (κ1) is 21.3. The third kappa shape index (κ3) is 6.05. The van der Waals surface area contributed by atoms with Crippen molar-refractivity contribution in [3.8, 4) is 11.5 Å². The highest BCUT2D eigenvalue weighted by Crippen LogP contribution is 2.17. The summed E-state index contributed by atoms with van der Waals surface area (Å²) in [6, 6.07) is 16.7. The number of hydrogen-bond acceptors (Lipinski definition) is 6. The normalized spacial score (nSPS) is 10.7. The van der Waals surface area contributed by atoms with Crippen LogP contribution in [0.3, 0.4) is 0 Å². The van der Waals surface area contributed by atoms with Crippen molar-refractivity contribution in [3.05, 3.63) is 82.2 Å². The summed E-state index contributed by atoms with van der Waals surface area (Å²) in [4.78, 5) is 24.1. The van der Waals surface area contributed by atoms with Crippen LogP contribution in [0.5, 0.6) is 11.5 Å². The number of nitrogens with one attached hydrogen (secondary N) is 1. The number of carbonyl (C=O) groups excluding carboxylic acids is 2. The van der Waals surface area contributed by atoms with Gasteiger partial charge in [0.2, 0.25) is 0 Å². The Hall–Kier alpha value is -3.39. The number of hydrazone groups is 1. The van der Waals surface area contributed by atoms with Crippen molar-refractivity contribution in [1.82, 2.24) is 5.43 Å². The molecule has 1 amide bonds. The Morgan fingerprint density at radius 1 is 1.03 bits per heavy atom. The fraction of sp³-hybridized carbons (Fsp3) is 0.136. The van der Waals surface area contributed by atoms with Gasteiger partial charge in [0.25, 0.3) is 0 Å². The van der Waals surface area contributed by atoms with Gasteiger partial charge in [-0.2, -0.15) is 5.10 Å². The number of ether oxygens (including phenoxy) is 2. The topological polar surface area (TPSA) is 90.1 Å². The minimum atomic E-state index is -0.464. The van der Waals surface area contributed by atoms with Crippen LogP contribution in [0.15, 0.2) is 74.9 Å². The van der Waals surface area contributed by atoms with Crippen molar-refractivity contribution in [2.75, 3.05) is 6.61 Å². The van der Waals surface area contributed by atoms with Crippen molar-refractivity contribution in [2.45, 2.75) is 13.3 Å². The molecule has 0 aliphatic carbocycles. The number of esters is 1. The average molecular weight is 471 g/mol. The molecule has 8 heteroatoms. The molecule has 0 unspecified atom stereocenters. The third-order valence-corrected chi connectivity index (χ3v) is 4.26. The first-order valence-electron chi connectivity index (χ1n) is 9.19. The molecule has 1 N–H and O–H groups in total. The molecule has 1 heterocycles. The second kappa shape index (κ2) is 10.4. The van der Waals surface area contributed by atoms with E-state index in [9.17, 15) is 9.59 Å². The number of hydrogen-bond donors (Lipinski definition) is 1. The molecular formula is C22H19BrN2O5. The smallest absolute Gasteiger partial charge is 0.343 e. The molecule has 0 saturated carbocycles. The molecule has 0 radical (unpaired) electrons. The van der Waals surface area contributed by atoms with E-state index in [2.05, 4.69) is 26.5 Å². The van der Waals surface area contributed by atoms with E-state index in [0.29, 0.717) is 33.9 Å². The molecule has 0 saturated heterocycles. The van der Waals surface area contributed by atoms with Gasteiger partial charge in [-0.15, -0.1) is 0 Å². The fourth-order valence-electron chi connectivity index (χ4n) is 2.35. The molecule has 0 atom stereocenters. The van der Waals surface area contributed by atoms with Crippen LogP contribution in [0.4, 0.5) is 0 Å². The summed E-state index contributed by atoms with van der Waals surface area (Å²) in [6.07, 6.45) is 2.38. The maximum atomic E-state index is 12.3. The maximum Gasteiger partial charge on any atom is 0.343 e. The summed E-state index contributed by atoms with van der Waals surface area (Å²) in [5.41, 5.74) is 3.51. The van der Waals surface area contributed by atoms with Gasteiger partial charge in [0, 0.05) is 0 Å². The fourth-order valence-corrected chi connectivity index (χ4v) is 2.66. The Bertz CT molecular complexity index is 1030. The molecule has 7 nitrogen and oxygen atoms in total. The number of amides is 1. The van der Waals surface area contributed by atoms with Gasteiger partial charge < -0.3 is 13.9 Å². The van der Waals surface area contributed by atoms with E-state index in [0.717, 1.165) is 6.42 Å². The Morgan fingerprint density at radius 3 is 2.37 bits per heavy atom. The molecular weight excluding hydrogens is 452 g/mol. The quantitative estimate of drug-likeness (QED) is 0.220. The second-order valence-electron chi connectivity index (χ2n) is 6.13. The largest absolute Gasteiger partial charge is 0.494 e. The van der Waals surface area contributed by atoms with Gasteiger partial charge >= 0.3 is 11.9 Å². The van der Waals surface area contributed by atoms with Crippen LogP contribution >= 0.6 is 15.9 Å². The lowest BCUT2D eigenvalue weighted by atomic mass is 10.2. The summed E-state index contributed by atoms with van der Waals surface area (Å²) < 4.78 is 16.5. The highest BCUT2D eigenvalue weighted by molar-refractivity contribution is 9.10. The van der Waals surface area contributed by atoms with Gasteiger partial charge in [-0.1, -0.05) is 6.92 Å². The highest BCUT2D eigenvalue weighted by Gasteiger charge is 2.10. The van der Waals surface area contributed by atoms with Crippen LogP contribution in [0, 0.1) is 0 Å². The Morgan fingerprint density at radius 2 is 1.73 bits per heavy atom. The number of furan rings is 1. The summed E-state index contributed by atoms with van der Waals surface area (Å²) in [7, 11) is 0. The molecule has 30 heavy (non-hydrogen) atoms. The number of nitrogens with zero attached hydrogens (tertiary/aromatic N) is 1. The zero-order valence-corrected chi connectivity index (χ0v) is 17.7. The standard InChI is InChI=1S/C22H19BrN2O5/c1-2-13-28-17-9-5-16(6-10-17)22(27)29-18-7-3-15(4-8-18)14-24-25-21(26)19-11-12-20(23)30-19/h3-12,14H,2,13H2,1H3,(H,25,26). The van der Waals surface area contributed by atoms with Crippen molar-refractivity contribution >= 4 is 34.0 Å². The lowest BCUT2D eigenvalue weighted by Crippen LogP contribution is -2.16. The minimum absolute atomic E-state index is 0.145. The predicted octanol–water partition coefficient (Wildman–Crippen LogP) is 4.81. The van der Waals surface area contributed by atoms with E-state index in [-0.39, 0.29) is 5.76 Å². The summed E-state index contributed by atoms with van der Waals surface area (Å²) in [5.74, 6) is 0.326. The monoisotopic (exact) mass is 470 g/mol. The lowest BCUT2D eigenvalue weighted by Gasteiger charge is -2.07. The summed E-state index contributed by atoms with van der Waals surface area (Å²) in [6.45, 7) is 2.66. The number of halogens is 1. The summed E-state index contributed by atoms with van der Waals surface area (Å²) >= 11 is 3.13. The lowest BCUT2D eigenvalue weighted by molar-refractivity contribution is 0.0734. The van der Waals surface area contributed by atoms with Gasteiger partial charge in [0.1, 0.15) is 11.5 Å². The Labute approximate surface area is 181 Å². The van der Waals surface area contributed by atoms with Crippen molar-refractivity contribution < 1.29 is 23.5 Å². The Balaban J connectivity index is 1.52. The first-order chi connectivity index (χ1) is 14.5. The average Bonchev–Trinajstić information content (AvgIpc) is 3.20. The molecule has 3 aromatic rings. The molecule has 0 aliphatic heterocycles. The molecule has 0 aliphatic rings. The number of rotatable bonds is 8. The van der Waals surface area contributed by atoms with Gasteiger partial charge in [-0.05, 0) is 88.6 Å². The van der Waals surface area contributed by atoms with Crippen molar-refractivity contribution in [3.63, 3.8) is 0 Å². The summed E-state index contributed by atoms with van der Waals surface area (Å²) in [5, 5.41) is 3.88. The zero-order chi connectivity index (χ0) is 21.3. The molecule has 0 bridgehead atoms. The SMILES string of the molecule is CCCOc1ccc(C(=O)Oc2ccc(C=NNC(=O)c3ccc(Br)o3)cc2)cc1. The highest BCUT2D eigenvalue weighted by atomic mass is 79.9. The minimum Gasteiger partial charge on any atom is -0.494 e. The Kier molecular flexibility index (Phi) is 7.40. The first-order valence-corrected chi connectivity index (χ1v) is 9.98. The van der Waals surface area contributed by atoms with E-state index >= 15 is 0 Å². The van der Waals surface area contributed by atoms with E-state index < -0.39 is 11.9 Å².